The molecule has 0 saturated carbocycles. The number of hydrogen-bond donors (Lipinski definition) is 2. The molecule has 0 aromatic heterocycles. The van der Waals surface area contributed by atoms with Gasteiger partial charge in [-0.3, -0.25) is 9.59 Å². The molecule has 8 nitrogen and oxygen atoms in total. The molecule has 0 heterocycles. The van der Waals surface area contributed by atoms with E-state index in [1.54, 1.807) is 0 Å². The van der Waals surface area contributed by atoms with Crippen LogP contribution in [-0.2, 0) is 14.8 Å². The normalized spacial score (nSPS) is 11.6. The van der Waals surface area contributed by atoms with Crippen LogP contribution < -0.4 is 10.7 Å². The first kappa shape index (κ1) is 21.3. The van der Waals surface area contributed by atoms with Crippen LogP contribution in [0.4, 0.5) is 0 Å². The van der Waals surface area contributed by atoms with Gasteiger partial charge in [-0.1, -0.05) is 29.8 Å². The molecule has 0 bridgehead atoms. The quantitative estimate of drug-likeness (QED) is 0.534. The van der Waals surface area contributed by atoms with Crippen molar-refractivity contribution < 1.29 is 18.0 Å². The van der Waals surface area contributed by atoms with E-state index < -0.39 is 21.8 Å². The van der Waals surface area contributed by atoms with Gasteiger partial charge in [-0.05, 0) is 36.8 Å². The lowest BCUT2D eigenvalue weighted by Gasteiger charge is -2.11. The molecule has 2 aromatic carbocycles. The first-order valence-electron chi connectivity index (χ1n) is 8.39. The number of nitrogens with one attached hydrogen (secondary N) is 2. The van der Waals surface area contributed by atoms with E-state index >= 15 is 0 Å². The highest BCUT2D eigenvalue weighted by atomic mass is 32.2. The Morgan fingerprint density at radius 1 is 1.04 bits per heavy atom. The standard InChI is InChI=1S/C19H22N4O4S/c1-14-4-6-15(7-5-14)12-21-22-18(24)13-20-19(25)16-8-10-17(11-9-16)28(26,27)23(2)3/h4-12H,13H2,1-3H3,(H,20,25)(H,22,24). The summed E-state index contributed by atoms with van der Waals surface area (Å²) >= 11 is 0. The van der Waals surface area contributed by atoms with E-state index in [1.807, 2.05) is 31.2 Å². The Hall–Kier alpha value is -3.04. The van der Waals surface area contributed by atoms with Gasteiger partial charge in [-0.15, -0.1) is 0 Å². The summed E-state index contributed by atoms with van der Waals surface area (Å²) in [4.78, 5) is 23.9. The Morgan fingerprint density at radius 3 is 2.21 bits per heavy atom. The molecule has 2 aromatic rings. The molecule has 2 rings (SSSR count). The first-order valence-corrected chi connectivity index (χ1v) is 9.83. The third-order valence-electron chi connectivity index (χ3n) is 3.78. The second-order valence-corrected chi connectivity index (χ2v) is 8.35. The van der Waals surface area contributed by atoms with Crippen molar-refractivity contribution in [3.63, 3.8) is 0 Å². The van der Waals surface area contributed by atoms with Crippen LogP contribution in [0.1, 0.15) is 21.5 Å². The highest BCUT2D eigenvalue weighted by molar-refractivity contribution is 7.89. The summed E-state index contributed by atoms with van der Waals surface area (Å²) in [5, 5.41) is 6.28. The van der Waals surface area contributed by atoms with E-state index in [0.29, 0.717) is 0 Å². The second-order valence-electron chi connectivity index (χ2n) is 6.20. The van der Waals surface area contributed by atoms with Gasteiger partial charge >= 0.3 is 0 Å². The lowest BCUT2D eigenvalue weighted by atomic mass is 10.2. The maximum atomic E-state index is 12.1. The molecular weight excluding hydrogens is 380 g/mol. The summed E-state index contributed by atoms with van der Waals surface area (Å²) in [6, 6.07) is 13.1. The van der Waals surface area contributed by atoms with Crippen molar-refractivity contribution in [2.45, 2.75) is 11.8 Å². The predicted octanol–water partition coefficient (Wildman–Crippen LogP) is 1.13. The zero-order valence-corrected chi connectivity index (χ0v) is 16.7. The number of rotatable bonds is 7. The zero-order valence-electron chi connectivity index (χ0n) is 15.8. The zero-order chi connectivity index (χ0) is 20.7. The number of nitrogens with zero attached hydrogens (tertiary/aromatic N) is 2. The summed E-state index contributed by atoms with van der Waals surface area (Å²) < 4.78 is 25.1. The van der Waals surface area contributed by atoms with Gasteiger partial charge in [-0.25, -0.2) is 18.1 Å². The minimum Gasteiger partial charge on any atom is -0.343 e. The van der Waals surface area contributed by atoms with E-state index in [-0.39, 0.29) is 17.0 Å². The molecule has 9 heteroatoms. The van der Waals surface area contributed by atoms with Crippen LogP contribution in [0.15, 0.2) is 58.5 Å². The Labute approximate surface area is 164 Å². The number of amides is 2. The van der Waals surface area contributed by atoms with Crippen molar-refractivity contribution in [2.75, 3.05) is 20.6 Å². The third-order valence-corrected chi connectivity index (χ3v) is 5.61. The van der Waals surface area contributed by atoms with E-state index in [0.717, 1.165) is 15.4 Å². The molecule has 2 amide bonds. The molecule has 0 radical (unpaired) electrons. The third kappa shape index (κ3) is 5.73. The molecule has 0 fully saturated rings. The van der Waals surface area contributed by atoms with Crippen molar-refractivity contribution in [1.29, 1.82) is 0 Å². The molecule has 0 unspecified atom stereocenters. The van der Waals surface area contributed by atoms with E-state index in [1.165, 1.54) is 44.6 Å². The van der Waals surface area contributed by atoms with Gasteiger partial charge in [0.25, 0.3) is 11.8 Å². The lowest BCUT2D eigenvalue weighted by Crippen LogP contribution is -2.34. The van der Waals surface area contributed by atoms with E-state index in [4.69, 9.17) is 0 Å². The second kappa shape index (κ2) is 9.25. The number of carbonyl (C=O) groups is 2. The molecule has 0 aliphatic heterocycles. The summed E-state index contributed by atoms with van der Waals surface area (Å²) in [5.74, 6) is -0.977. The van der Waals surface area contributed by atoms with Crippen LogP contribution in [0.3, 0.4) is 0 Å². The van der Waals surface area contributed by atoms with Gasteiger partial charge in [0, 0.05) is 19.7 Å². The summed E-state index contributed by atoms with van der Waals surface area (Å²) in [6.45, 7) is 1.71. The average molecular weight is 402 g/mol. The van der Waals surface area contributed by atoms with Crippen LogP contribution in [0.25, 0.3) is 0 Å². The van der Waals surface area contributed by atoms with Crippen molar-refractivity contribution in [3.8, 4) is 0 Å². The number of aryl methyl sites for hydroxylation is 1. The van der Waals surface area contributed by atoms with Crippen molar-refractivity contribution in [3.05, 3.63) is 65.2 Å². The fourth-order valence-electron chi connectivity index (χ4n) is 2.12. The highest BCUT2D eigenvalue weighted by Gasteiger charge is 2.17. The van der Waals surface area contributed by atoms with Gasteiger partial charge in [-0.2, -0.15) is 5.10 Å². The van der Waals surface area contributed by atoms with Gasteiger partial charge in [0.15, 0.2) is 0 Å². The average Bonchev–Trinajstić information content (AvgIpc) is 2.67. The number of hydrazone groups is 1. The number of carbonyl (C=O) groups excluding carboxylic acids is 2. The molecule has 148 valence electrons. The Kier molecular flexibility index (Phi) is 7.02. The molecule has 0 aliphatic rings. The molecule has 0 atom stereocenters. The van der Waals surface area contributed by atoms with Crippen LogP contribution in [0, 0.1) is 6.92 Å². The molecule has 2 N–H and O–H groups in total. The molecule has 0 aliphatic carbocycles. The molecule has 0 saturated heterocycles. The fourth-order valence-corrected chi connectivity index (χ4v) is 3.02. The molecular formula is C19H22N4O4S. The van der Waals surface area contributed by atoms with Crippen LogP contribution in [0.2, 0.25) is 0 Å². The Morgan fingerprint density at radius 2 is 1.64 bits per heavy atom. The first-order chi connectivity index (χ1) is 13.2. The fraction of sp³-hybridized carbons (Fsp3) is 0.211. The van der Waals surface area contributed by atoms with Crippen LogP contribution in [-0.4, -0.2) is 51.4 Å². The maximum Gasteiger partial charge on any atom is 0.259 e. The van der Waals surface area contributed by atoms with Crippen molar-refractivity contribution in [1.82, 2.24) is 15.0 Å². The Balaban J connectivity index is 1.86. The van der Waals surface area contributed by atoms with Crippen molar-refractivity contribution >= 4 is 28.1 Å². The SMILES string of the molecule is Cc1ccc(C=NNC(=O)CNC(=O)c2ccc(S(=O)(=O)N(C)C)cc2)cc1. The Bertz CT molecular complexity index is 966. The predicted molar refractivity (Wildman–Crippen MR) is 107 cm³/mol. The van der Waals surface area contributed by atoms with Gasteiger partial charge in [0.05, 0.1) is 17.7 Å². The summed E-state index contributed by atoms with van der Waals surface area (Å²) in [5.41, 5.74) is 4.53. The van der Waals surface area contributed by atoms with Gasteiger partial charge in [0.1, 0.15) is 0 Å². The van der Waals surface area contributed by atoms with Crippen LogP contribution in [0.5, 0.6) is 0 Å². The van der Waals surface area contributed by atoms with Crippen molar-refractivity contribution in [2.24, 2.45) is 5.10 Å². The number of benzene rings is 2. The monoisotopic (exact) mass is 402 g/mol. The van der Waals surface area contributed by atoms with Gasteiger partial charge < -0.3 is 5.32 Å². The minimum atomic E-state index is -3.56. The van der Waals surface area contributed by atoms with E-state index in [2.05, 4.69) is 15.8 Å². The highest BCUT2D eigenvalue weighted by Crippen LogP contribution is 2.13. The largest absolute Gasteiger partial charge is 0.343 e. The van der Waals surface area contributed by atoms with Gasteiger partial charge in [0.2, 0.25) is 10.0 Å². The van der Waals surface area contributed by atoms with E-state index in [9.17, 15) is 18.0 Å². The smallest absolute Gasteiger partial charge is 0.259 e. The number of sulfonamides is 1. The molecule has 28 heavy (non-hydrogen) atoms. The lowest BCUT2D eigenvalue weighted by molar-refractivity contribution is -0.120. The number of hydrogen-bond acceptors (Lipinski definition) is 5. The molecule has 0 spiro atoms. The minimum absolute atomic E-state index is 0.0808. The van der Waals surface area contributed by atoms with Crippen LogP contribution >= 0.6 is 0 Å². The summed E-state index contributed by atoms with van der Waals surface area (Å²) in [7, 11) is -0.706. The topological polar surface area (TPSA) is 108 Å². The summed E-state index contributed by atoms with van der Waals surface area (Å²) in [6.07, 6.45) is 1.50. The maximum absolute atomic E-state index is 12.1.